The van der Waals surface area contributed by atoms with E-state index >= 15 is 0 Å². The Hall–Kier alpha value is 0.100. The molecule has 0 saturated carbocycles. The Kier molecular flexibility index (Phi) is 8.33. The lowest BCUT2D eigenvalue weighted by atomic mass is 10.1. The minimum atomic E-state index is -4.07. The van der Waals surface area contributed by atoms with E-state index in [1.807, 2.05) is 6.92 Å². The van der Waals surface area contributed by atoms with Gasteiger partial charge >= 0.3 is 5.51 Å². The first-order valence-corrected chi connectivity index (χ1v) is 6.35. The highest BCUT2D eigenvalue weighted by atomic mass is 32.2. The lowest BCUT2D eigenvalue weighted by Crippen LogP contribution is -2.18. The SMILES string of the molecule is CCCNCCC(C)CCSC(F)(F)F. The molecule has 1 unspecified atom stereocenters. The highest BCUT2D eigenvalue weighted by molar-refractivity contribution is 8.00. The molecular formula is C10H20F3NS. The van der Waals surface area contributed by atoms with Gasteiger partial charge in [0, 0.05) is 5.75 Å². The molecule has 0 saturated heterocycles. The van der Waals surface area contributed by atoms with Gasteiger partial charge in [0.15, 0.2) is 0 Å². The van der Waals surface area contributed by atoms with Crippen molar-refractivity contribution in [1.82, 2.24) is 5.32 Å². The second-order valence-corrected chi connectivity index (χ2v) is 4.89. The van der Waals surface area contributed by atoms with Crippen LogP contribution in [0, 0.1) is 5.92 Å². The van der Waals surface area contributed by atoms with Gasteiger partial charge in [0.1, 0.15) is 0 Å². The number of rotatable bonds is 8. The normalized spacial score (nSPS) is 14.2. The summed E-state index contributed by atoms with van der Waals surface area (Å²) in [5.41, 5.74) is -4.07. The van der Waals surface area contributed by atoms with E-state index in [4.69, 9.17) is 0 Å². The van der Waals surface area contributed by atoms with Crippen molar-refractivity contribution in [3.05, 3.63) is 0 Å². The van der Waals surface area contributed by atoms with Gasteiger partial charge in [-0.25, -0.2) is 0 Å². The topological polar surface area (TPSA) is 12.0 Å². The van der Waals surface area contributed by atoms with E-state index in [-0.39, 0.29) is 17.5 Å². The molecular weight excluding hydrogens is 223 g/mol. The van der Waals surface area contributed by atoms with Crippen molar-refractivity contribution in [2.45, 2.75) is 38.6 Å². The Morgan fingerprint density at radius 1 is 1.20 bits per heavy atom. The summed E-state index contributed by atoms with van der Waals surface area (Å²) in [6.45, 7) is 6.00. The van der Waals surface area contributed by atoms with E-state index < -0.39 is 5.51 Å². The van der Waals surface area contributed by atoms with E-state index in [0.717, 1.165) is 25.9 Å². The van der Waals surface area contributed by atoms with Crippen LogP contribution < -0.4 is 5.32 Å². The zero-order valence-electron chi connectivity index (χ0n) is 9.36. The molecule has 0 spiro atoms. The zero-order chi connectivity index (χ0) is 11.7. The molecule has 92 valence electrons. The van der Waals surface area contributed by atoms with E-state index in [2.05, 4.69) is 12.2 Å². The van der Waals surface area contributed by atoms with Crippen LogP contribution in [0.1, 0.15) is 33.1 Å². The molecule has 1 atom stereocenters. The molecule has 0 aromatic heterocycles. The lowest BCUT2D eigenvalue weighted by Gasteiger charge is -2.12. The van der Waals surface area contributed by atoms with Gasteiger partial charge < -0.3 is 5.32 Å². The summed E-state index contributed by atoms with van der Waals surface area (Å²) in [6, 6.07) is 0. The van der Waals surface area contributed by atoms with E-state index in [1.54, 1.807) is 0 Å². The maximum absolute atomic E-state index is 11.8. The maximum atomic E-state index is 11.8. The summed E-state index contributed by atoms with van der Waals surface area (Å²) >= 11 is 0.0852. The molecule has 1 N–H and O–H groups in total. The molecule has 5 heteroatoms. The van der Waals surface area contributed by atoms with Gasteiger partial charge in [-0.3, -0.25) is 0 Å². The van der Waals surface area contributed by atoms with Gasteiger partial charge in [-0.15, -0.1) is 0 Å². The number of alkyl halides is 3. The van der Waals surface area contributed by atoms with Crippen molar-refractivity contribution in [3.8, 4) is 0 Å². The predicted molar refractivity (Wildman–Crippen MR) is 60.1 cm³/mol. The summed E-state index contributed by atoms with van der Waals surface area (Å²) in [7, 11) is 0. The number of hydrogen-bond acceptors (Lipinski definition) is 2. The minimum absolute atomic E-state index is 0.0852. The average Bonchev–Trinajstić information content (AvgIpc) is 2.10. The summed E-state index contributed by atoms with van der Waals surface area (Å²) < 4.78 is 35.4. The number of thioether (sulfide) groups is 1. The van der Waals surface area contributed by atoms with E-state index in [9.17, 15) is 13.2 Å². The van der Waals surface area contributed by atoms with Crippen LogP contribution in [0.2, 0.25) is 0 Å². The molecule has 0 bridgehead atoms. The van der Waals surface area contributed by atoms with Crippen molar-refractivity contribution < 1.29 is 13.2 Å². The van der Waals surface area contributed by atoms with Gasteiger partial charge in [0.05, 0.1) is 0 Å². The summed E-state index contributed by atoms with van der Waals surface area (Å²) in [5.74, 6) is 0.544. The van der Waals surface area contributed by atoms with Gasteiger partial charge in [-0.05, 0) is 38.3 Å². The highest BCUT2D eigenvalue weighted by Crippen LogP contribution is 2.31. The second-order valence-electron chi connectivity index (χ2n) is 3.73. The van der Waals surface area contributed by atoms with Crippen LogP contribution in [-0.4, -0.2) is 24.4 Å². The maximum Gasteiger partial charge on any atom is 0.441 e. The fourth-order valence-corrected chi connectivity index (χ4v) is 1.92. The first kappa shape index (κ1) is 15.1. The first-order chi connectivity index (χ1) is 6.95. The van der Waals surface area contributed by atoms with Crippen LogP contribution in [-0.2, 0) is 0 Å². The molecule has 0 aromatic rings. The number of nitrogens with one attached hydrogen (secondary N) is 1. The molecule has 0 aliphatic heterocycles. The predicted octanol–water partition coefficient (Wildman–Crippen LogP) is 3.66. The molecule has 0 aromatic carbocycles. The Morgan fingerprint density at radius 2 is 1.87 bits per heavy atom. The average molecular weight is 243 g/mol. The van der Waals surface area contributed by atoms with Gasteiger partial charge in [0.2, 0.25) is 0 Å². The fourth-order valence-electron chi connectivity index (χ4n) is 1.17. The van der Waals surface area contributed by atoms with Crippen LogP contribution in [0.5, 0.6) is 0 Å². The largest absolute Gasteiger partial charge is 0.441 e. The quantitative estimate of drug-likeness (QED) is 0.653. The number of hydrogen-bond donors (Lipinski definition) is 1. The monoisotopic (exact) mass is 243 g/mol. The first-order valence-electron chi connectivity index (χ1n) is 5.37. The lowest BCUT2D eigenvalue weighted by molar-refractivity contribution is -0.0328. The summed E-state index contributed by atoms with van der Waals surface area (Å²) in [4.78, 5) is 0. The van der Waals surface area contributed by atoms with Crippen molar-refractivity contribution in [3.63, 3.8) is 0 Å². The highest BCUT2D eigenvalue weighted by Gasteiger charge is 2.27. The van der Waals surface area contributed by atoms with Crippen LogP contribution in [0.4, 0.5) is 13.2 Å². The third kappa shape index (κ3) is 12.0. The summed E-state index contributed by atoms with van der Waals surface area (Å²) in [5, 5.41) is 3.24. The molecule has 0 radical (unpaired) electrons. The van der Waals surface area contributed by atoms with Crippen LogP contribution in [0.15, 0.2) is 0 Å². The molecule has 15 heavy (non-hydrogen) atoms. The third-order valence-electron chi connectivity index (χ3n) is 2.12. The smallest absolute Gasteiger partial charge is 0.317 e. The van der Waals surface area contributed by atoms with Gasteiger partial charge in [-0.1, -0.05) is 25.6 Å². The molecule has 0 aliphatic rings. The molecule has 1 nitrogen and oxygen atoms in total. The summed E-state index contributed by atoms with van der Waals surface area (Å²) in [6.07, 6.45) is 2.69. The van der Waals surface area contributed by atoms with E-state index in [1.165, 1.54) is 0 Å². The molecule has 0 aliphatic carbocycles. The molecule has 0 amide bonds. The minimum Gasteiger partial charge on any atom is -0.317 e. The Morgan fingerprint density at radius 3 is 2.40 bits per heavy atom. The Balaban J connectivity index is 3.29. The van der Waals surface area contributed by atoms with Crippen LogP contribution >= 0.6 is 11.8 Å². The fraction of sp³-hybridized carbons (Fsp3) is 1.00. The molecule has 0 fully saturated rings. The zero-order valence-corrected chi connectivity index (χ0v) is 10.2. The molecule has 0 rings (SSSR count). The van der Waals surface area contributed by atoms with Crippen molar-refractivity contribution >= 4 is 11.8 Å². The number of halogens is 3. The van der Waals surface area contributed by atoms with Gasteiger partial charge in [0.25, 0.3) is 0 Å². The molecule has 0 heterocycles. The van der Waals surface area contributed by atoms with Crippen molar-refractivity contribution in [2.75, 3.05) is 18.8 Å². The van der Waals surface area contributed by atoms with Crippen molar-refractivity contribution in [2.24, 2.45) is 5.92 Å². The standard InChI is InChI=1S/C10H20F3NS/c1-3-6-14-7-4-9(2)5-8-15-10(11,12)13/h9,14H,3-8H2,1-2H3. The Labute approximate surface area is 94.2 Å². The van der Waals surface area contributed by atoms with E-state index in [0.29, 0.717) is 12.3 Å². The third-order valence-corrected chi connectivity index (χ3v) is 2.88. The van der Waals surface area contributed by atoms with Gasteiger partial charge in [-0.2, -0.15) is 13.2 Å². The Bertz CT molecular complexity index is 150. The van der Waals surface area contributed by atoms with Crippen LogP contribution in [0.25, 0.3) is 0 Å². The van der Waals surface area contributed by atoms with Crippen molar-refractivity contribution in [1.29, 1.82) is 0 Å². The second kappa shape index (κ2) is 8.28. The van der Waals surface area contributed by atoms with Crippen LogP contribution in [0.3, 0.4) is 0 Å².